The van der Waals surface area contributed by atoms with Gasteiger partial charge in [-0.2, -0.15) is 0 Å². The van der Waals surface area contributed by atoms with Crippen molar-refractivity contribution >= 4 is 0 Å². The molecule has 1 unspecified atom stereocenters. The average molecular weight is 237 g/mol. The fraction of sp³-hybridized carbons (Fsp3) is 0.400. The Kier molecular flexibility index (Phi) is 3.54. The highest BCUT2D eigenvalue weighted by Gasteiger charge is 2.26. The molecule has 2 nitrogen and oxygen atoms in total. The standard InChI is InChI=1S/C10H11F4NO/c1-10(15,4-16)3-5-8(13)6(11)2-7(12)9(5)14/h2,16H,3-4,15H2,1H3. The molecule has 0 saturated heterocycles. The van der Waals surface area contributed by atoms with Crippen LogP contribution in [0, 0.1) is 23.3 Å². The Morgan fingerprint density at radius 1 is 1.19 bits per heavy atom. The van der Waals surface area contributed by atoms with Crippen LogP contribution in [0.2, 0.25) is 0 Å². The van der Waals surface area contributed by atoms with Gasteiger partial charge in [-0.1, -0.05) is 0 Å². The number of rotatable bonds is 3. The minimum Gasteiger partial charge on any atom is -0.394 e. The lowest BCUT2D eigenvalue weighted by atomic mass is 9.94. The summed E-state index contributed by atoms with van der Waals surface area (Å²) >= 11 is 0. The molecule has 0 fully saturated rings. The normalized spacial score (nSPS) is 14.9. The monoisotopic (exact) mass is 237 g/mol. The Hall–Kier alpha value is -1.14. The molecule has 0 heterocycles. The van der Waals surface area contributed by atoms with E-state index in [1.807, 2.05) is 0 Å². The minimum absolute atomic E-state index is 0.126. The van der Waals surface area contributed by atoms with E-state index in [4.69, 9.17) is 10.8 Å². The summed E-state index contributed by atoms with van der Waals surface area (Å²) < 4.78 is 52.0. The van der Waals surface area contributed by atoms with Crippen molar-refractivity contribution in [2.45, 2.75) is 18.9 Å². The molecular formula is C10H11F4NO. The molecule has 1 atom stereocenters. The topological polar surface area (TPSA) is 46.2 Å². The van der Waals surface area contributed by atoms with Gasteiger partial charge in [0.25, 0.3) is 0 Å². The lowest BCUT2D eigenvalue weighted by molar-refractivity contribution is 0.205. The molecule has 0 bridgehead atoms. The van der Waals surface area contributed by atoms with E-state index in [9.17, 15) is 17.6 Å². The van der Waals surface area contributed by atoms with Crippen LogP contribution >= 0.6 is 0 Å². The second-order valence-corrected chi connectivity index (χ2v) is 3.94. The molecule has 0 aliphatic heterocycles. The number of benzene rings is 1. The van der Waals surface area contributed by atoms with E-state index in [0.717, 1.165) is 0 Å². The van der Waals surface area contributed by atoms with Crippen LogP contribution in [0.5, 0.6) is 0 Å². The summed E-state index contributed by atoms with van der Waals surface area (Å²) in [6, 6.07) is 0.126. The smallest absolute Gasteiger partial charge is 0.165 e. The van der Waals surface area contributed by atoms with Gasteiger partial charge in [-0.05, 0) is 13.3 Å². The molecule has 1 rings (SSSR count). The van der Waals surface area contributed by atoms with Crippen molar-refractivity contribution in [1.29, 1.82) is 0 Å². The Morgan fingerprint density at radius 3 is 2.00 bits per heavy atom. The zero-order valence-corrected chi connectivity index (χ0v) is 8.53. The van der Waals surface area contributed by atoms with Gasteiger partial charge in [-0.25, -0.2) is 17.6 Å². The first-order valence-corrected chi connectivity index (χ1v) is 4.50. The van der Waals surface area contributed by atoms with Crippen molar-refractivity contribution < 1.29 is 22.7 Å². The van der Waals surface area contributed by atoms with Crippen molar-refractivity contribution in [3.05, 3.63) is 34.9 Å². The number of hydrogen-bond donors (Lipinski definition) is 2. The molecule has 16 heavy (non-hydrogen) atoms. The minimum atomic E-state index is -1.48. The van der Waals surface area contributed by atoms with Gasteiger partial charge >= 0.3 is 0 Å². The molecule has 0 aromatic heterocycles. The van der Waals surface area contributed by atoms with Crippen molar-refractivity contribution in [3.63, 3.8) is 0 Å². The molecule has 90 valence electrons. The van der Waals surface area contributed by atoms with Gasteiger partial charge in [0.05, 0.1) is 6.61 Å². The number of hydrogen-bond acceptors (Lipinski definition) is 2. The van der Waals surface area contributed by atoms with Gasteiger partial charge in [0, 0.05) is 17.2 Å². The maximum Gasteiger partial charge on any atom is 0.165 e. The molecular weight excluding hydrogens is 226 g/mol. The molecule has 0 spiro atoms. The fourth-order valence-electron chi connectivity index (χ4n) is 1.24. The van der Waals surface area contributed by atoms with Gasteiger partial charge in [-0.3, -0.25) is 0 Å². The van der Waals surface area contributed by atoms with E-state index in [-0.39, 0.29) is 6.07 Å². The van der Waals surface area contributed by atoms with Crippen LogP contribution in [-0.2, 0) is 6.42 Å². The van der Waals surface area contributed by atoms with E-state index >= 15 is 0 Å². The molecule has 0 aliphatic rings. The van der Waals surface area contributed by atoms with Crippen LogP contribution in [-0.4, -0.2) is 17.3 Å². The van der Waals surface area contributed by atoms with Crippen LogP contribution < -0.4 is 5.73 Å². The maximum absolute atomic E-state index is 13.2. The zero-order valence-electron chi connectivity index (χ0n) is 8.53. The Balaban J connectivity index is 3.23. The van der Waals surface area contributed by atoms with Crippen LogP contribution in [0.4, 0.5) is 17.6 Å². The molecule has 1 aromatic rings. The molecule has 0 radical (unpaired) electrons. The summed E-state index contributed by atoms with van der Waals surface area (Å²) in [5.74, 6) is -5.93. The Bertz CT molecular complexity index is 380. The first kappa shape index (κ1) is 12.9. The average Bonchev–Trinajstić information content (AvgIpc) is 2.22. The van der Waals surface area contributed by atoms with Crippen molar-refractivity contribution in [1.82, 2.24) is 0 Å². The summed E-state index contributed by atoms with van der Waals surface area (Å²) in [7, 11) is 0. The predicted octanol–water partition coefficient (Wildman–Crippen LogP) is 1.50. The van der Waals surface area contributed by atoms with Crippen LogP contribution in [0.3, 0.4) is 0 Å². The van der Waals surface area contributed by atoms with Crippen LogP contribution in [0.1, 0.15) is 12.5 Å². The summed E-state index contributed by atoms with van der Waals surface area (Å²) in [6.45, 7) is 0.749. The second-order valence-electron chi connectivity index (χ2n) is 3.94. The number of nitrogens with two attached hydrogens (primary N) is 1. The molecule has 0 aliphatic carbocycles. The quantitative estimate of drug-likeness (QED) is 0.618. The third-order valence-electron chi connectivity index (χ3n) is 2.14. The van der Waals surface area contributed by atoms with E-state index < -0.39 is 47.4 Å². The van der Waals surface area contributed by atoms with Gasteiger partial charge in [0.15, 0.2) is 23.3 Å². The summed E-state index contributed by atoms with van der Waals surface area (Å²) in [4.78, 5) is 0. The lowest BCUT2D eigenvalue weighted by Gasteiger charge is -2.22. The summed E-state index contributed by atoms with van der Waals surface area (Å²) in [5, 5.41) is 8.82. The van der Waals surface area contributed by atoms with E-state index in [0.29, 0.717) is 0 Å². The third kappa shape index (κ3) is 2.51. The lowest BCUT2D eigenvalue weighted by Crippen LogP contribution is -2.43. The highest BCUT2D eigenvalue weighted by molar-refractivity contribution is 5.24. The van der Waals surface area contributed by atoms with Gasteiger partial charge in [-0.15, -0.1) is 0 Å². The van der Waals surface area contributed by atoms with E-state index in [1.54, 1.807) is 0 Å². The molecule has 3 N–H and O–H groups in total. The molecule has 0 amide bonds. The number of halogens is 4. The second kappa shape index (κ2) is 4.39. The van der Waals surface area contributed by atoms with Crippen molar-refractivity contribution in [2.24, 2.45) is 5.73 Å². The van der Waals surface area contributed by atoms with E-state index in [1.165, 1.54) is 6.92 Å². The largest absolute Gasteiger partial charge is 0.394 e. The number of aliphatic hydroxyl groups is 1. The predicted molar refractivity (Wildman–Crippen MR) is 49.7 cm³/mol. The van der Waals surface area contributed by atoms with Crippen LogP contribution in [0.15, 0.2) is 6.07 Å². The highest BCUT2D eigenvalue weighted by atomic mass is 19.2. The molecule has 0 saturated carbocycles. The zero-order chi connectivity index (χ0) is 12.5. The Labute approximate surface area is 89.7 Å². The first-order chi connectivity index (χ1) is 7.28. The maximum atomic E-state index is 13.2. The van der Waals surface area contributed by atoms with E-state index in [2.05, 4.69) is 0 Å². The van der Waals surface area contributed by atoms with Crippen LogP contribution in [0.25, 0.3) is 0 Å². The SMILES string of the molecule is CC(N)(CO)Cc1c(F)c(F)cc(F)c1F. The van der Waals surface area contributed by atoms with Gasteiger partial charge < -0.3 is 10.8 Å². The summed E-state index contributed by atoms with van der Waals surface area (Å²) in [6.07, 6.45) is -0.504. The Morgan fingerprint density at radius 2 is 1.62 bits per heavy atom. The molecule has 1 aromatic carbocycles. The van der Waals surface area contributed by atoms with Crippen molar-refractivity contribution in [3.8, 4) is 0 Å². The number of aliphatic hydroxyl groups excluding tert-OH is 1. The fourth-order valence-corrected chi connectivity index (χ4v) is 1.24. The first-order valence-electron chi connectivity index (χ1n) is 4.50. The van der Waals surface area contributed by atoms with Crippen molar-refractivity contribution in [2.75, 3.05) is 6.61 Å². The van der Waals surface area contributed by atoms with Gasteiger partial charge in [0.1, 0.15) is 0 Å². The van der Waals surface area contributed by atoms with Gasteiger partial charge in [0.2, 0.25) is 0 Å². The third-order valence-corrected chi connectivity index (χ3v) is 2.14. The highest BCUT2D eigenvalue weighted by Crippen LogP contribution is 2.22. The molecule has 6 heteroatoms. The summed E-state index contributed by atoms with van der Waals surface area (Å²) in [5.41, 5.74) is 3.32.